The molecule has 0 unspecified atom stereocenters. The molecule has 0 aliphatic carbocycles. The van der Waals surface area contributed by atoms with E-state index in [2.05, 4.69) is 5.32 Å². The zero-order chi connectivity index (χ0) is 17.6. The van der Waals surface area contributed by atoms with E-state index < -0.39 is 22.7 Å². The highest BCUT2D eigenvalue weighted by Gasteiger charge is 2.35. The first-order valence-corrected chi connectivity index (χ1v) is 6.75. The molecule has 1 heterocycles. The van der Waals surface area contributed by atoms with Crippen LogP contribution < -0.4 is 10.1 Å². The Morgan fingerprint density at radius 2 is 1.96 bits per heavy atom. The van der Waals surface area contributed by atoms with E-state index in [0.717, 1.165) is 18.2 Å². The van der Waals surface area contributed by atoms with Gasteiger partial charge in [-0.3, -0.25) is 0 Å². The molecule has 0 fully saturated rings. The predicted molar refractivity (Wildman–Crippen MR) is 77.9 cm³/mol. The number of halogens is 4. The van der Waals surface area contributed by atoms with Gasteiger partial charge in [0.15, 0.2) is 11.5 Å². The highest BCUT2D eigenvalue weighted by atomic mass is 35.5. The van der Waals surface area contributed by atoms with Crippen molar-refractivity contribution in [3.63, 3.8) is 0 Å². The second-order valence-corrected chi connectivity index (χ2v) is 5.27. The van der Waals surface area contributed by atoms with Gasteiger partial charge in [-0.1, -0.05) is 11.6 Å². The molecule has 9 heteroatoms. The van der Waals surface area contributed by atoms with Crippen LogP contribution in [0.2, 0.25) is 5.02 Å². The van der Waals surface area contributed by atoms with Gasteiger partial charge in [0, 0.05) is 12.1 Å². The number of carbonyl (C=O) groups is 1. The van der Waals surface area contributed by atoms with Crippen LogP contribution in [0.1, 0.15) is 21.5 Å². The molecule has 0 bridgehead atoms. The lowest BCUT2D eigenvalue weighted by Gasteiger charge is -2.24. The van der Waals surface area contributed by atoms with Crippen molar-refractivity contribution in [2.24, 2.45) is 0 Å². The third-order valence-electron chi connectivity index (χ3n) is 3.32. The second-order valence-electron chi connectivity index (χ2n) is 4.87. The number of fused-ring (bicyclic) bond motifs is 2. The molecule has 2 aromatic carbocycles. The van der Waals surface area contributed by atoms with Gasteiger partial charge in [-0.05, 0) is 12.1 Å². The molecular weight excluding hydrogens is 349 g/mol. The fourth-order valence-electron chi connectivity index (χ4n) is 2.27. The van der Waals surface area contributed by atoms with Crippen LogP contribution in [0.3, 0.4) is 0 Å². The molecule has 0 saturated carbocycles. The molecule has 122 valence electrons. The van der Waals surface area contributed by atoms with Gasteiger partial charge in [0.1, 0.15) is 0 Å². The average Bonchev–Trinajstić information content (AvgIpc) is 2.50. The van der Waals surface area contributed by atoms with Gasteiger partial charge in [-0.2, -0.15) is 18.4 Å². The predicted octanol–water partition coefficient (Wildman–Crippen LogP) is 4.78. The quantitative estimate of drug-likeness (QED) is 0.657. The first-order chi connectivity index (χ1) is 11.2. The molecule has 0 saturated heterocycles. The van der Waals surface area contributed by atoms with Crippen LogP contribution in [0.15, 0.2) is 24.3 Å². The zero-order valence-electron chi connectivity index (χ0n) is 11.5. The van der Waals surface area contributed by atoms with Crippen molar-refractivity contribution in [3.8, 4) is 17.6 Å². The van der Waals surface area contributed by atoms with Crippen LogP contribution >= 0.6 is 11.6 Å². The monoisotopic (exact) mass is 354 g/mol. The maximum atomic E-state index is 12.9. The lowest BCUT2D eigenvalue weighted by molar-refractivity contribution is -0.137. The van der Waals surface area contributed by atoms with Crippen LogP contribution in [0.25, 0.3) is 0 Å². The Bertz CT molecular complexity index is 920. The van der Waals surface area contributed by atoms with Gasteiger partial charge < -0.3 is 15.2 Å². The first kappa shape index (κ1) is 16.0. The molecule has 0 atom stereocenters. The number of carboxylic acids is 1. The molecule has 5 nitrogen and oxygen atoms in total. The molecule has 3 rings (SSSR count). The summed E-state index contributed by atoms with van der Waals surface area (Å²) in [7, 11) is 0. The zero-order valence-corrected chi connectivity index (χ0v) is 12.3. The fourth-order valence-corrected chi connectivity index (χ4v) is 2.53. The Morgan fingerprint density at radius 3 is 2.54 bits per heavy atom. The lowest BCUT2D eigenvalue weighted by Crippen LogP contribution is -2.12. The number of alkyl halides is 3. The number of anilines is 2. The summed E-state index contributed by atoms with van der Waals surface area (Å²) in [6.07, 6.45) is -4.67. The van der Waals surface area contributed by atoms with Gasteiger partial charge in [0.05, 0.1) is 39.2 Å². The second kappa shape index (κ2) is 5.32. The summed E-state index contributed by atoms with van der Waals surface area (Å²) in [5, 5.41) is 20.2. The lowest BCUT2D eigenvalue weighted by atomic mass is 10.1. The molecule has 0 aromatic heterocycles. The van der Waals surface area contributed by atoms with E-state index in [0.29, 0.717) is 0 Å². The molecule has 1 aliphatic rings. The third-order valence-corrected chi connectivity index (χ3v) is 3.63. The average molecular weight is 355 g/mol. The van der Waals surface area contributed by atoms with Gasteiger partial charge in [-0.25, -0.2) is 4.79 Å². The summed E-state index contributed by atoms with van der Waals surface area (Å²) in [6, 6.07) is 5.89. The normalized spacial score (nSPS) is 12.3. The van der Waals surface area contributed by atoms with Crippen molar-refractivity contribution in [2.45, 2.75) is 6.18 Å². The highest BCUT2D eigenvalue weighted by molar-refractivity contribution is 6.31. The first-order valence-electron chi connectivity index (χ1n) is 6.37. The minimum atomic E-state index is -4.67. The number of hydrogen-bond donors (Lipinski definition) is 2. The van der Waals surface area contributed by atoms with Crippen molar-refractivity contribution in [1.29, 1.82) is 5.26 Å². The van der Waals surface area contributed by atoms with E-state index in [9.17, 15) is 23.1 Å². The Balaban J connectivity index is 2.17. The van der Waals surface area contributed by atoms with Crippen molar-refractivity contribution < 1.29 is 27.8 Å². The minimum Gasteiger partial charge on any atom is -0.478 e. The van der Waals surface area contributed by atoms with Crippen LogP contribution in [0, 0.1) is 11.3 Å². The molecule has 2 N–H and O–H groups in total. The number of nitrogens with zero attached hydrogens (tertiary/aromatic N) is 1. The maximum absolute atomic E-state index is 12.9. The molecular formula is C15H6ClF3N2O3. The van der Waals surface area contributed by atoms with Crippen molar-refractivity contribution in [3.05, 3.63) is 46.0 Å². The molecule has 0 spiro atoms. The number of nitriles is 1. The summed E-state index contributed by atoms with van der Waals surface area (Å²) in [5.41, 5.74) is -1.45. The Labute approximate surface area is 137 Å². The van der Waals surface area contributed by atoms with Crippen LogP contribution in [0.5, 0.6) is 11.5 Å². The summed E-state index contributed by atoms with van der Waals surface area (Å²) in [5.74, 6) is -1.35. The Kier molecular flexibility index (Phi) is 3.53. The number of ether oxygens (including phenoxy) is 1. The smallest absolute Gasteiger partial charge is 0.417 e. The van der Waals surface area contributed by atoms with E-state index >= 15 is 0 Å². The van der Waals surface area contributed by atoms with Gasteiger partial charge in [-0.15, -0.1) is 0 Å². The van der Waals surface area contributed by atoms with Gasteiger partial charge in [0.25, 0.3) is 0 Å². The molecule has 2 aromatic rings. The molecule has 0 amide bonds. The maximum Gasteiger partial charge on any atom is 0.417 e. The number of rotatable bonds is 1. The van der Waals surface area contributed by atoms with E-state index in [-0.39, 0.29) is 34.0 Å². The van der Waals surface area contributed by atoms with E-state index in [4.69, 9.17) is 21.6 Å². The van der Waals surface area contributed by atoms with Crippen LogP contribution in [-0.2, 0) is 6.18 Å². The summed E-state index contributed by atoms with van der Waals surface area (Å²) in [4.78, 5) is 11.3. The minimum absolute atomic E-state index is 0.00747. The van der Waals surface area contributed by atoms with Crippen LogP contribution in [-0.4, -0.2) is 11.1 Å². The Hall–Kier alpha value is -2.92. The van der Waals surface area contributed by atoms with E-state index in [1.807, 2.05) is 0 Å². The topological polar surface area (TPSA) is 82.4 Å². The van der Waals surface area contributed by atoms with Crippen molar-refractivity contribution >= 4 is 28.9 Å². The van der Waals surface area contributed by atoms with Gasteiger partial charge in [0.2, 0.25) is 0 Å². The van der Waals surface area contributed by atoms with Crippen molar-refractivity contribution in [2.75, 3.05) is 5.32 Å². The Morgan fingerprint density at radius 1 is 1.25 bits per heavy atom. The largest absolute Gasteiger partial charge is 0.478 e. The van der Waals surface area contributed by atoms with Crippen LogP contribution in [0.4, 0.5) is 24.5 Å². The summed E-state index contributed by atoms with van der Waals surface area (Å²) >= 11 is 5.64. The van der Waals surface area contributed by atoms with Gasteiger partial charge >= 0.3 is 12.1 Å². The number of nitrogens with one attached hydrogen (secondary N) is 1. The molecule has 1 aliphatic heterocycles. The molecule has 24 heavy (non-hydrogen) atoms. The number of benzene rings is 2. The number of aromatic carboxylic acids is 1. The third kappa shape index (κ3) is 2.59. The molecule has 0 radical (unpaired) electrons. The number of carboxylic acid groups (broad SMARTS) is 1. The number of hydrogen-bond acceptors (Lipinski definition) is 4. The SMILES string of the molecule is N#Cc1cc2c(c(C(=O)O)c1)Nc1cc(C(F)(F)F)c(Cl)cc1O2. The van der Waals surface area contributed by atoms with E-state index in [1.54, 1.807) is 6.07 Å². The van der Waals surface area contributed by atoms with E-state index in [1.165, 1.54) is 6.07 Å². The summed E-state index contributed by atoms with van der Waals surface area (Å²) in [6.45, 7) is 0. The van der Waals surface area contributed by atoms with Crippen molar-refractivity contribution in [1.82, 2.24) is 0 Å². The highest BCUT2D eigenvalue weighted by Crippen LogP contribution is 2.48. The fraction of sp³-hybridized carbons (Fsp3) is 0.0667. The standard InChI is InChI=1S/C15H6ClF3N2O3/c16-9-4-11-10(3-8(9)15(17,18)19)21-13-7(14(22)23)1-6(5-20)2-12(13)24-11/h1-4,21H,(H,22,23). The summed E-state index contributed by atoms with van der Waals surface area (Å²) < 4.78 is 44.2.